The zero-order chi connectivity index (χ0) is 22.8. The summed E-state index contributed by atoms with van der Waals surface area (Å²) < 4.78 is 7.88. The topological polar surface area (TPSA) is 76.3 Å². The monoisotopic (exact) mass is 444 g/mol. The summed E-state index contributed by atoms with van der Waals surface area (Å²) in [5.74, 6) is 0.579. The van der Waals surface area contributed by atoms with Crippen molar-refractivity contribution in [2.45, 2.75) is 45.1 Å². The zero-order valence-electron chi connectivity index (χ0n) is 19.3. The third-order valence-corrected chi connectivity index (χ3v) is 6.93. The first-order chi connectivity index (χ1) is 16.2. The van der Waals surface area contributed by atoms with Gasteiger partial charge < -0.3 is 24.9 Å². The molecule has 0 bridgehead atoms. The summed E-state index contributed by atoms with van der Waals surface area (Å²) in [6.45, 7) is 2.91. The number of benzene rings is 2. The maximum Gasteiger partial charge on any atom is 0.250 e. The van der Waals surface area contributed by atoms with Gasteiger partial charge in [-0.3, -0.25) is 4.79 Å². The molecule has 2 aromatic carbocycles. The van der Waals surface area contributed by atoms with Crippen molar-refractivity contribution in [1.82, 2.24) is 9.55 Å². The van der Waals surface area contributed by atoms with E-state index in [1.54, 1.807) is 7.11 Å². The molecule has 0 radical (unpaired) electrons. The van der Waals surface area contributed by atoms with E-state index >= 15 is 0 Å². The summed E-state index contributed by atoms with van der Waals surface area (Å²) in [6.07, 6.45) is 11.0. The second kappa shape index (κ2) is 9.22. The largest absolute Gasteiger partial charge is 0.496 e. The predicted octanol–water partition coefficient (Wildman–Crippen LogP) is 5.24. The van der Waals surface area contributed by atoms with Crippen LogP contribution in [-0.2, 0) is 13.0 Å². The first-order valence-corrected chi connectivity index (χ1v) is 12.0. The number of nitrogens with two attached hydrogens (primary N) is 1. The van der Waals surface area contributed by atoms with Crippen molar-refractivity contribution >= 4 is 33.4 Å². The highest BCUT2D eigenvalue weighted by molar-refractivity contribution is 6.07. The molecule has 0 spiro atoms. The van der Waals surface area contributed by atoms with Gasteiger partial charge in [0.05, 0.1) is 23.9 Å². The number of aryl methyl sites for hydroxylation is 2. The fraction of sp³-hybridized carbons (Fsp3) is 0.370. The molecule has 1 aliphatic heterocycles. The Hall–Kier alpha value is -3.41. The number of unbranched alkanes of at least 4 members (excludes halogenated alkanes) is 1. The van der Waals surface area contributed by atoms with Gasteiger partial charge in [-0.25, -0.2) is 0 Å². The van der Waals surface area contributed by atoms with Crippen LogP contribution >= 0.6 is 0 Å². The standard InChI is InChI=1S/C27H32N4O2/c1-33-24-10-7-9-22-25(24)19(18-29-22)8-3-6-14-30-17-13-20-23(30)12-11-21(27(28)32)26(20)31-15-4-2-5-16-31/h7,9-13,17-18,29H,2-6,8,14-16H2,1H3,(H2,28,32). The average Bonchev–Trinajstić information content (AvgIpc) is 3.45. The molecule has 1 fully saturated rings. The second-order valence-electron chi connectivity index (χ2n) is 8.97. The van der Waals surface area contributed by atoms with Gasteiger partial charge >= 0.3 is 0 Å². The average molecular weight is 445 g/mol. The number of ether oxygens (including phenoxy) is 1. The van der Waals surface area contributed by atoms with E-state index in [1.165, 1.54) is 22.9 Å². The fourth-order valence-corrected chi connectivity index (χ4v) is 5.29. The summed E-state index contributed by atoms with van der Waals surface area (Å²) >= 11 is 0. The molecule has 2 aromatic heterocycles. The number of hydrogen-bond donors (Lipinski definition) is 2. The molecule has 5 rings (SSSR count). The number of rotatable bonds is 8. The van der Waals surface area contributed by atoms with Gasteiger partial charge in [0.2, 0.25) is 0 Å². The van der Waals surface area contributed by atoms with Crippen LogP contribution in [0.15, 0.2) is 48.8 Å². The first kappa shape index (κ1) is 21.4. The van der Waals surface area contributed by atoms with Crippen LogP contribution in [0.5, 0.6) is 5.75 Å². The number of piperidine rings is 1. The van der Waals surface area contributed by atoms with Gasteiger partial charge in [-0.2, -0.15) is 0 Å². The lowest BCUT2D eigenvalue weighted by molar-refractivity contribution is 0.100. The maximum atomic E-state index is 12.2. The van der Waals surface area contributed by atoms with Crippen molar-refractivity contribution in [1.29, 1.82) is 0 Å². The predicted molar refractivity (Wildman–Crippen MR) is 134 cm³/mol. The molecule has 0 atom stereocenters. The molecular weight excluding hydrogens is 412 g/mol. The molecule has 33 heavy (non-hydrogen) atoms. The van der Waals surface area contributed by atoms with Gasteiger partial charge in [0.25, 0.3) is 5.91 Å². The van der Waals surface area contributed by atoms with Crippen molar-refractivity contribution in [2.24, 2.45) is 5.73 Å². The molecule has 0 aliphatic carbocycles. The van der Waals surface area contributed by atoms with E-state index in [1.807, 2.05) is 24.3 Å². The Balaban J connectivity index is 1.33. The minimum absolute atomic E-state index is 0.348. The number of anilines is 1. The number of methoxy groups -OCH3 is 1. The third kappa shape index (κ3) is 4.06. The molecule has 1 saturated heterocycles. The van der Waals surface area contributed by atoms with Crippen molar-refractivity contribution in [2.75, 3.05) is 25.1 Å². The van der Waals surface area contributed by atoms with Gasteiger partial charge in [0, 0.05) is 48.3 Å². The van der Waals surface area contributed by atoms with E-state index in [0.29, 0.717) is 5.56 Å². The van der Waals surface area contributed by atoms with Crippen LogP contribution in [0.1, 0.15) is 48.0 Å². The number of H-pyrrole nitrogens is 1. The maximum absolute atomic E-state index is 12.2. The number of primary amides is 1. The van der Waals surface area contributed by atoms with Gasteiger partial charge in [-0.15, -0.1) is 0 Å². The normalized spacial score (nSPS) is 14.3. The Bertz CT molecular complexity index is 1280. The van der Waals surface area contributed by atoms with Crippen molar-refractivity contribution in [3.05, 3.63) is 59.9 Å². The molecule has 0 unspecified atom stereocenters. The molecule has 1 aliphatic rings. The molecule has 172 valence electrons. The number of nitrogens with one attached hydrogen (secondary N) is 1. The van der Waals surface area contributed by atoms with Gasteiger partial charge in [-0.1, -0.05) is 6.07 Å². The Kier molecular flexibility index (Phi) is 5.99. The van der Waals surface area contributed by atoms with E-state index in [2.05, 4.69) is 39.0 Å². The highest BCUT2D eigenvalue weighted by Gasteiger charge is 2.21. The fourth-order valence-electron chi connectivity index (χ4n) is 5.29. The molecular formula is C27H32N4O2. The SMILES string of the molecule is COc1cccc2[nH]cc(CCCCn3ccc4c(N5CCCCC5)c(C(N)=O)ccc43)c12. The molecule has 3 heterocycles. The van der Waals surface area contributed by atoms with E-state index in [9.17, 15) is 4.79 Å². The lowest BCUT2D eigenvalue weighted by Gasteiger charge is -2.30. The number of carbonyl (C=O) groups is 1. The second-order valence-corrected chi connectivity index (χ2v) is 8.97. The van der Waals surface area contributed by atoms with E-state index in [0.717, 1.165) is 74.1 Å². The van der Waals surface area contributed by atoms with Crippen molar-refractivity contribution in [3.63, 3.8) is 0 Å². The van der Waals surface area contributed by atoms with Crippen LogP contribution in [-0.4, -0.2) is 35.7 Å². The van der Waals surface area contributed by atoms with E-state index in [4.69, 9.17) is 10.5 Å². The van der Waals surface area contributed by atoms with Gasteiger partial charge in [0.1, 0.15) is 5.75 Å². The van der Waals surface area contributed by atoms with Gasteiger partial charge in [-0.05, 0) is 74.4 Å². The number of hydrogen-bond acceptors (Lipinski definition) is 3. The highest BCUT2D eigenvalue weighted by atomic mass is 16.5. The zero-order valence-corrected chi connectivity index (χ0v) is 19.3. The molecule has 0 saturated carbocycles. The summed E-state index contributed by atoms with van der Waals surface area (Å²) in [4.78, 5) is 17.9. The lowest BCUT2D eigenvalue weighted by atomic mass is 10.0. The number of amides is 1. The number of nitrogens with zero attached hydrogens (tertiary/aromatic N) is 2. The Morgan fingerprint density at radius 2 is 1.94 bits per heavy atom. The number of aromatic amines is 1. The van der Waals surface area contributed by atoms with Crippen molar-refractivity contribution < 1.29 is 9.53 Å². The third-order valence-electron chi connectivity index (χ3n) is 6.93. The summed E-state index contributed by atoms with van der Waals surface area (Å²) in [5, 5.41) is 2.33. The van der Waals surface area contributed by atoms with Crippen LogP contribution in [0, 0.1) is 0 Å². The highest BCUT2D eigenvalue weighted by Crippen LogP contribution is 2.34. The molecule has 6 heteroatoms. The summed E-state index contributed by atoms with van der Waals surface area (Å²) in [7, 11) is 1.73. The van der Waals surface area contributed by atoms with Crippen LogP contribution in [0.2, 0.25) is 0 Å². The van der Waals surface area contributed by atoms with Crippen LogP contribution in [0.4, 0.5) is 5.69 Å². The molecule has 1 amide bonds. The van der Waals surface area contributed by atoms with E-state index < -0.39 is 0 Å². The number of carbonyl (C=O) groups excluding carboxylic acids is 1. The Morgan fingerprint density at radius 3 is 2.73 bits per heavy atom. The smallest absolute Gasteiger partial charge is 0.250 e. The van der Waals surface area contributed by atoms with E-state index in [-0.39, 0.29) is 5.91 Å². The molecule has 3 N–H and O–H groups in total. The molecule has 6 nitrogen and oxygen atoms in total. The minimum atomic E-state index is -0.348. The van der Waals surface area contributed by atoms with Crippen LogP contribution < -0.4 is 15.4 Å². The first-order valence-electron chi connectivity index (χ1n) is 12.0. The van der Waals surface area contributed by atoms with Crippen LogP contribution in [0.25, 0.3) is 21.8 Å². The summed E-state index contributed by atoms with van der Waals surface area (Å²) in [5.41, 5.74) is 11.0. The molecule has 4 aromatic rings. The Morgan fingerprint density at radius 1 is 1.09 bits per heavy atom. The number of aromatic nitrogens is 2. The summed E-state index contributed by atoms with van der Waals surface area (Å²) in [6, 6.07) is 12.2. The van der Waals surface area contributed by atoms with Crippen LogP contribution in [0.3, 0.4) is 0 Å². The van der Waals surface area contributed by atoms with Gasteiger partial charge in [0.15, 0.2) is 0 Å². The lowest BCUT2D eigenvalue weighted by Crippen LogP contribution is -2.31. The minimum Gasteiger partial charge on any atom is -0.496 e. The number of fused-ring (bicyclic) bond motifs is 2. The van der Waals surface area contributed by atoms with Crippen molar-refractivity contribution in [3.8, 4) is 5.75 Å². The quantitative estimate of drug-likeness (QED) is 0.365. The Labute approximate surface area is 194 Å².